The van der Waals surface area contributed by atoms with Crippen LogP contribution in [-0.2, 0) is 20.4 Å². The van der Waals surface area contributed by atoms with Crippen LogP contribution in [-0.4, -0.2) is 32.7 Å². The number of hydrogen-bond acceptors (Lipinski definition) is 5. The molecule has 0 heterocycles. The highest BCUT2D eigenvalue weighted by Gasteiger charge is 2.22. The van der Waals surface area contributed by atoms with Crippen molar-refractivity contribution < 1.29 is 13.2 Å². The van der Waals surface area contributed by atoms with E-state index >= 15 is 0 Å². The molecule has 0 spiro atoms. The van der Waals surface area contributed by atoms with E-state index < -0.39 is 27.5 Å². The van der Waals surface area contributed by atoms with Crippen molar-refractivity contribution in [2.24, 2.45) is 5.73 Å². The SMILES string of the molecule is N#CCNC(=O)C(N)CS(=O)(=O)Cc1ccccc1. The first-order valence-corrected chi connectivity index (χ1v) is 7.41. The molecule has 0 saturated carbocycles. The van der Waals surface area contributed by atoms with E-state index in [9.17, 15) is 13.2 Å². The molecule has 6 nitrogen and oxygen atoms in total. The van der Waals surface area contributed by atoms with Gasteiger partial charge in [0.15, 0.2) is 9.84 Å². The zero-order chi connectivity index (χ0) is 14.3. The number of nitrogens with two attached hydrogens (primary N) is 1. The number of rotatable bonds is 6. The Morgan fingerprint density at radius 1 is 1.37 bits per heavy atom. The number of amides is 1. The van der Waals surface area contributed by atoms with Gasteiger partial charge in [-0.05, 0) is 5.56 Å². The van der Waals surface area contributed by atoms with Crippen LogP contribution < -0.4 is 11.1 Å². The first-order chi connectivity index (χ1) is 8.94. The van der Waals surface area contributed by atoms with Crippen molar-refractivity contribution >= 4 is 15.7 Å². The summed E-state index contributed by atoms with van der Waals surface area (Å²) in [7, 11) is -3.47. The molecule has 0 saturated heterocycles. The van der Waals surface area contributed by atoms with Gasteiger partial charge in [0.1, 0.15) is 6.54 Å². The zero-order valence-corrected chi connectivity index (χ0v) is 11.1. The average Bonchev–Trinajstić information content (AvgIpc) is 2.35. The summed E-state index contributed by atoms with van der Waals surface area (Å²) in [6.07, 6.45) is 0. The Morgan fingerprint density at radius 2 is 2.00 bits per heavy atom. The second-order valence-corrected chi connectivity index (χ2v) is 6.13. The van der Waals surface area contributed by atoms with E-state index in [1.165, 1.54) is 0 Å². The highest BCUT2D eigenvalue weighted by molar-refractivity contribution is 7.90. The van der Waals surface area contributed by atoms with Gasteiger partial charge in [-0.2, -0.15) is 5.26 Å². The van der Waals surface area contributed by atoms with Crippen molar-refractivity contribution in [3.8, 4) is 6.07 Å². The third kappa shape index (κ3) is 5.50. The molecule has 1 aromatic carbocycles. The van der Waals surface area contributed by atoms with E-state index in [2.05, 4.69) is 5.32 Å². The van der Waals surface area contributed by atoms with Gasteiger partial charge in [-0.3, -0.25) is 4.79 Å². The Balaban J connectivity index is 2.60. The second-order valence-electron chi connectivity index (χ2n) is 4.02. The Kier molecular flexibility index (Phi) is 5.48. The van der Waals surface area contributed by atoms with Crippen LogP contribution in [0.15, 0.2) is 30.3 Å². The highest BCUT2D eigenvalue weighted by Crippen LogP contribution is 2.06. The number of nitrogens with zero attached hydrogens (tertiary/aromatic N) is 1. The van der Waals surface area contributed by atoms with Crippen LogP contribution in [0, 0.1) is 11.3 Å². The van der Waals surface area contributed by atoms with E-state index in [0.29, 0.717) is 5.56 Å². The average molecular weight is 281 g/mol. The van der Waals surface area contributed by atoms with Gasteiger partial charge in [0, 0.05) is 0 Å². The predicted molar refractivity (Wildman–Crippen MR) is 70.5 cm³/mol. The Bertz CT molecular complexity index is 564. The lowest BCUT2D eigenvalue weighted by Gasteiger charge is -2.11. The van der Waals surface area contributed by atoms with Crippen molar-refractivity contribution in [2.45, 2.75) is 11.8 Å². The molecular formula is C12H15N3O3S. The van der Waals surface area contributed by atoms with Crippen molar-refractivity contribution in [3.05, 3.63) is 35.9 Å². The van der Waals surface area contributed by atoms with Crippen LogP contribution in [0.3, 0.4) is 0 Å². The topological polar surface area (TPSA) is 113 Å². The number of benzene rings is 1. The van der Waals surface area contributed by atoms with Gasteiger partial charge in [0.05, 0.1) is 23.6 Å². The Morgan fingerprint density at radius 3 is 2.58 bits per heavy atom. The van der Waals surface area contributed by atoms with Gasteiger partial charge in [-0.15, -0.1) is 0 Å². The van der Waals surface area contributed by atoms with Crippen molar-refractivity contribution in [1.29, 1.82) is 5.26 Å². The van der Waals surface area contributed by atoms with Gasteiger partial charge < -0.3 is 11.1 Å². The highest BCUT2D eigenvalue weighted by atomic mass is 32.2. The smallest absolute Gasteiger partial charge is 0.238 e. The molecule has 1 unspecified atom stereocenters. The molecule has 1 amide bonds. The largest absolute Gasteiger partial charge is 0.342 e. The van der Waals surface area contributed by atoms with E-state index in [0.717, 1.165) is 0 Å². The van der Waals surface area contributed by atoms with Crippen molar-refractivity contribution in [3.63, 3.8) is 0 Å². The van der Waals surface area contributed by atoms with Crippen molar-refractivity contribution in [2.75, 3.05) is 12.3 Å². The summed E-state index contributed by atoms with van der Waals surface area (Å²) >= 11 is 0. The normalized spacial score (nSPS) is 12.4. The molecule has 0 aliphatic heterocycles. The number of sulfone groups is 1. The van der Waals surface area contributed by atoms with E-state index in [4.69, 9.17) is 11.0 Å². The fraction of sp³-hybridized carbons (Fsp3) is 0.333. The summed E-state index contributed by atoms with van der Waals surface area (Å²) in [5.41, 5.74) is 6.14. The Labute approximate surface area is 112 Å². The minimum absolute atomic E-state index is 0.160. The molecule has 1 aromatic rings. The van der Waals surface area contributed by atoms with Crippen molar-refractivity contribution in [1.82, 2.24) is 5.32 Å². The van der Waals surface area contributed by atoms with Crippen LogP contribution >= 0.6 is 0 Å². The summed E-state index contributed by atoms with van der Waals surface area (Å²) in [4.78, 5) is 11.4. The first-order valence-electron chi connectivity index (χ1n) is 5.59. The van der Waals surface area contributed by atoms with Crippen LogP contribution in [0.5, 0.6) is 0 Å². The zero-order valence-electron chi connectivity index (χ0n) is 10.2. The molecule has 0 aromatic heterocycles. The maximum Gasteiger partial charge on any atom is 0.238 e. The number of nitrogens with one attached hydrogen (secondary N) is 1. The summed E-state index contributed by atoms with van der Waals surface area (Å²) in [5.74, 6) is -1.25. The fourth-order valence-electron chi connectivity index (χ4n) is 1.49. The number of carbonyl (C=O) groups excluding carboxylic acids is 1. The van der Waals surface area contributed by atoms with Crippen LogP contribution in [0.2, 0.25) is 0 Å². The number of carbonyl (C=O) groups is 1. The van der Waals surface area contributed by atoms with Crippen LogP contribution in [0.25, 0.3) is 0 Å². The maximum absolute atomic E-state index is 11.9. The number of nitriles is 1. The summed E-state index contributed by atoms with van der Waals surface area (Å²) in [6.45, 7) is -0.189. The van der Waals surface area contributed by atoms with E-state index in [1.807, 2.05) is 0 Å². The lowest BCUT2D eigenvalue weighted by atomic mass is 10.2. The molecule has 0 aliphatic rings. The third-order valence-electron chi connectivity index (χ3n) is 2.34. The molecule has 19 heavy (non-hydrogen) atoms. The quantitative estimate of drug-likeness (QED) is 0.687. The van der Waals surface area contributed by atoms with Gasteiger partial charge >= 0.3 is 0 Å². The molecule has 7 heteroatoms. The minimum atomic E-state index is -3.47. The number of hydrogen-bond donors (Lipinski definition) is 2. The molecule has 1 rings (SSSR count). The lowest BCUT2D eigenvalue weighted by Crippen LogP contribution is -2.45. The summed E-state index contributed by atoms with van der Waals surface area (Å²) in [6, 6.07) is 9.21. The molecule has 0 fully saturated rings. The van der Waals surface area contributed by atoms with E-state index in [-0.39, 0.29) is 12.3 Å². The first kappa shape index (κ1) is 15.1. The molecule has 0 bridgehead atoms. The summed E-state index contributed by atoms with van der Waals surface area (Å²) < 4.78 is 23.7. The molecule has 0 aliphatic carbocycles. The van der Waals surface area contributed by atoms with Crippen LogP contribution in [0.1, 0.15) is 5.56 Å². The molecule has 0 radical (unpaired) electrons. The van der Waals surface area contributed by atoms with Gasteiger partial charge in [0.2, 0.25) is 5.91 Å². The fourth-order valence-corrected chi connectivity index (χ4v) is 3.01. The molecule has 3 N–H and O–H groups in total. The lowest BCUT2D eigenvalue weighted by molar-refractivity contribution is -0.121. The van der Waals surface area contributed by atoms with Crippen LogP contribution in [0.4, 0.5) is 0 Å². The summed E-state index contributed by atoms with van der Waals surface area (Å²) in [5, 5.41) is 10.5. The second kappa shape index (κ2) is 6.87. The Hall–Kier alpha value is -1.91. The standard InChI is InChI=1S/C12H15N3O3S/c13-6-7-15-12(16)11(14)9-19(17,18)8-10-4-2-1-3-5-10/h1-5,11H,7-9,14H2,(H,15,16). The van der Waals surface area contributed by atoms with Gasteiger partial charge in [-0.1, -0.05) is 30.3 Å². The third-order valence-corrected chi connectivity index (χ3v) is 3.98. The van der Waals surface area contributed by atoms with Gasteiger partial charge in [-0.25, -0.2) is 8.42 Å². The van der Waals surface area contributed by atoms with E-state index in [1.54, 1.807) is 36.4 Å². The molecular weight excluding hydrogens is 266 g/mol. The predicted octanol–water partition coefficient (Wildman–Crippen LogP) is -0.432. The van der Waals surface area contributed by atoms with Gasteiger partial charge in [0.25, 0.3) is 0 Å². The molecule has 102 valence electrons. The maximum atomic E-state index is 11.9. The minimum Gasteiger partial charge on any atom is -0.342 e. The molecule has 1 atom stereocenters. The monoisotopic (exact) mass is 281 g/mol.